The Kier molecular flexibility index (Phi) is 8.65. The molecule has 2 nitrogen and oxygen atoms in total. The number of benzene rings is 1. The third kappa shape index (κ3) is 4.87. The zero-order chi connectivity index (χ0) is 16.2. The number of nitrogens with zero attached hydrogens (tertiary/aromatic N) is 1. The van der Waals surface area contributed by atoms with Crippen LogP contribution in [0.4, 0.5) is 5.69 Å². The molecule has 0 bridgehead atoms. The van der Waals surface area contributed by atoms with E-state index >= 15 is 0 Å². The van der Waals surface area contributed by atoms with Gasteiger partial charge in [-0.25, -0.2) is 0 Å². The minimum absolute atomic E-state index is 0.221. The van der Waals surface area contributed by atoms with E-state index in [1.165, 1.54) is 0 Å². The van der Waals surface area contributed by atoms with Crippen molar-refractivity contribution in [1.29, 1.82) is 0 Å². The van der Waals surface area contributed by atoms with E-state index in [1.54, 1.807) is 9.23 Å². The Morgan fingerprint density at radius 2 is 1.52 bits per heavy atom. The first kappa shape index (κ1) is 20.3. The van der Waals surface area contributed by atoms with Crippen molar-refractivity contribution in [2.75, 3.05) is 3.16 Å². The standard InChI is InChI=1S/C6HCl5N.C6H15OSi.Zn/c7-2-1-3(12-11)5(9)6(10)4(2)8;1-4-8(7,5-2)6-3;/h1H;4-6H2,1-3H3;/q2*-1;+2. The van der Waals surface area contributed by atoms with Crippen LogP contribution in [-0.2, 0) is 21.0 Å². The number of hydrogen-bond acceptors (Lipinski definition) is 2. The van der Waals surface area contributed by atoms with E-state index in [2.05, 4.69) is 20.8 Å². The number of halogens is 5. The zero-order valence-electron chi connectivity index (χ0n) is 12.2. The molecule has 0 unspecified atom stereocenters. The third-order valence-electron chi connectivity index (χ3n) is 3.76. The molecule has 0 radical (unpaired) electrons. The summed E-state index contributed by atoms with van der Waals surface area (Å²) in [5.41, 5.74) is 0.573. The molecule has 0 heterocycles. The van der Waals surface area contributed by atoms with Crippen molar-refractivity contribution >= 4 is 72.2 Å². The average Bonchev–Trinajstić information content (AvgIpc) is 2.50. The SMILES string of the molecule is CC[Si](CC)(CC)[O][Zn][N](Cl)c1cc(Cl)c(Cl)c(Cl)c1Cl. The molecule has 1 aromatic carbocycles. The first-order chi connectivity index (χ1) is 9.81. The van der Waals surface area contributed by atoms with Crippen LogP contribution in [-0.4, -0.2) is 8.32 Å². The van der Waals surface area contributed by atoms with Gasteiger partial charge in [-0.3, -0.25) is 0 Å². The van der Waals surface area contributed by atoms with Gasteiger partial charge in [-0.2, -0.15) is 0 Å². The fourth-order valence-corrected chi connectivity index (χ4v) is 13.7. The van der Waals surface area contributed by atoms with Crippen LogP contribution in [0, 0.1) is 0 Å². The second kappa shape index (κ2) is 8.94. The molecule has 116 valence electrons. The van der Waals surface area contributed by atoms with Crippen molar-refractivity contribution in [3.63, 3.8) is 0 Å². The molecule has 1 rings (SSSR count). The zero-order valence-corrected chi connectivity index (χ0v) is 19.9. The molecular formula is C12H16Cl5NOSiZn. The van der Waals surface area contributed by atoms with E-state index in [-0.39, 0.29) is 10.0 Å². The van der Waals surface area contributed by atoms with Crippen LogP contribution in [0.3, 0.4) is 0 Å². The van der Waals surface area contributed by atoms with Crippen LogP contribution in [0.25, 0.3) is 0 Å². The third-order valence-corrected chi connectivity index (χ3v) is 16.7. The minimum atomic E-state index is -1.65. The molecule has 0 amide bonds. The van der Waals surface area contributed by atoms with Gasteiger partial charge in [0.2, 0.25) is 0 Å². The van der Waals surface area contributed by atoms with Crippen molar-refractivity contribution in [3.8, 4) is 0 Å². The average molecular weight is 461 g/mol. The summed E-state index contributed by atoms with van der Waals surface area (Å²) in [6.07, 6.45) is 0. The molecule has 0 aliphatic carbocycles. The molecule has 0 fully saturated rings. The normalized spacial score (nSPS) is 11.4. The monoisotopic (exact) mass is 457 g/mol. The van der Waals surface area contributed by atoms with Gasteiger partial charge in [-0.05, 0) is 0 Å². The summed E-state index contributed by atoms with van der Waals surface area (Å²) < 4.78 is 7.88. The number of rotatable bonds is 7. The first-order valence-corrected chi connectivity index (χ1v) is 13.6. The Morgan fingerprint density at radius 3 is 2.00 bits per heavy atom. The van der Waals surface area contributed by atoms with E-state index in [0.29, 0.717) is 15.7 Å². The molecule has 0 N–H and O–H groups in total. The molecule has 0 aromatic heterocycles. The van der Waals surface area contributed by atoms with E-state index < -0.39 is 26.0 Å². The molecule has 0 spiro atoms. The Labute approximate surface area is 160 Å². The molecule has 0 saturated heterocycles. The molecule has 9 heteroatoms. The molecule has 0 aliphatic heterocycles. The summed E-state index contributed by atoms with van der Waals surface area (Å²) in [6, 6.07) is 4.90. The van der Waals surface area contributed by atoms with Crippen LogP contribution in [0.1, 0.15) is 20.8 Å². The van der Waals surface area contributed by atoms with Crippen LogP contribution >= 0.6 is 58.2 Å². The summed E-state index contributed by atoms with van der Waals surface area (Å²) in [6.45, 7) is 6.55. The van der Waals surface area contributed by atoms with Crippen molar-refractivity contribution in [2.24, 2.45) is 0 Å². The molecule has 0 saturated carbocycles. The Hall–Kier alpha value is 1.27. The van der Waals surface area contributed by atoms with Crippen molar-refractivity contribution in [2.45, 2.75) is 38.9 Å². The van der Waals surface area contributed by atoms with Crippen LogP contribution < -0.4 is 3.16 Å². The van der Waals surface area contributed by atoms with Crippen LogP contribution in [0.2, 0.25) is 38.2 Å². The second-order valence-electron chi connectivity index (χ2n) is 4.70. The predicted molar refractivity (Wildman–Crippen MR) is 93.1 cm³/mol. The quantitative estimate of drug-likeness (QED) is 0.185. The fraction of sp³-hybridized carbons (Fsp3) is 0.500. The van der Waals surface area contributed by atoms with Gasteiger partial charge in [-0.1, -0.05) is 0 Å². The summed E-state index contributed by atoms with van der Waals surface area (Å²) in [5.74, 6) is 0. The van der Waals surface area contributed by atoms with Crippen molar-refractivity contribution in [1.82, 2.24) is 0 Å². The van der Waals surface area contributed by atoms with Gasteiger partial charge in [-0.15, -0.1) is 0 Å². The van der Waals surface area contributed by atoms with Gasteiger partial charge in [0.1, 0.15) is 0 Å². The molecule has 0 aliphatic rings. The topological polar surface area (TPSA) is 12.5 Å². The summed E-state index contributed by atoms with van der Waals surface area (Å²) in [5, 5.41) is 1.11. The summed E-state index contributed by atoms with van der Waals surface area (Å²) >= 11 is 29.0. The summed E-state index contributed by atoms with van der Waals surface area (Å²) in [4.78, 5) is 0. The number of hydrogen-bond donors (Lipinski definition) is 0. The second-order valence-corrected chi connectivity index (χ2v) is 16.0. The Bertz CT molecular complexity index is 493. The Balaban J connectivity index is 2.93. The van der Waals surface area contributed by atoms with Gasteiger partial charge in [0.15, 0.2) is 0 Å². The predicted octanol–water partition coefficient (Wildman–Crippen LogP) is 7.19. The van der Waals surface area contributed by atoms with Crippen LogP contribution in [0.15, 0.2) is 6.07 Å². The van der Waals surface area contributed by atoms with Gasteiger partial charge in [0.05, 0.1) is 0 Å². The molecular weight excluding hydrogens is 445 g/mol. The van der Waals surface area contributed by atoms with E-state index in [0.717, 1.165) is 18.1 Å². The number of anilines is 1. The van der Waals surface area contributed by atoms with E-state index in [4.69, 9.17) is 61.4 Å². The molecule has 21 heavy (non-hydrogen) atoms. The molecule has 1 aromatic rings. The van der Waals surface area contributed by atoms with E-state index in [9.17, 15) is 0 Å². The van der Waals surface area contributed by atoms with Crippen LogP contribution in [0.5, 0.6) is 0 Å². The van der Waals surface area contributed by atoms with Gasteiger partial charge in [0.25, 0.3) is 0 Å². The maximum absolute atomic E-state index is 6.35. The Morgan fingerprint density at radius 1 is 1.00 bits per heavy atom. The van der Waals surface area contributed by atoms with Crippen molar-refractivity contribution in [3.05, 3.63) is 26.2 Å². The summed E-state index contributed by atoms with van der Waals surface area (Å²) in [7, 11) is -1.65. The maximum atomic E-state index is 6.35. The fourth-order valence-electron chi connectivity index (χ4n) is 2.06. The van der Waals surface area contributed by atoms with E-state index in [1.807, 2.05) is 0 Å². The van der Waals surface area contributed by atoms with Gasteiger partial charge >= 0.3 is 161 Å². The van der Waals surface area contributed by atoms with Gasteiger partial charge < -0.3 is 0 Å². The first-order valence-electron chi connectivity index (χ1n) is 6.72. The van der Waals surface area contributed by atoms with Gasteiger partial charge in [0, 0.05) is 0 Å². The molecule has 0 atom stereocenters. The van der Waals surface area contributed by atoms with Crippen molar-refractivity contribution < 1.29 is 21.0 Å².